The van der Waals surface area contributed by atoms with Gasteiger partial charge in [-0.25, -0.2) is 0 Å². The molecule has 4 heteroatoms. The Labute approximate surface area is 126 Å². The molecule has 1 aromatic rings. The number of carbonyl (C=O) groups is 1. The quantitative estimate of drug-likeness (QED) is 0.908. The van der Waals surface area contributed by atoms with Gasteiger partial charge in [-0.05, 0) is 62.4 Å². The van der Waals surface area contributed by atoms with Crippen molar-refractivity contribution in [3.05, 3.63) is 29.8 Å². The highest BCUT2D eigenvalue weighted by Crippen LogP contribution is 2.39. The molecule has 1 N–H and O–H groups in total. The molecule has 2 aliphatic heterocycles. The fourth-order valence-electron chi connectivity index (χ4n) is 3.58. The third-order valence-electron chi connectivity index (χ3n) is 5.09. The van der Waals surface area contributed by atoms with E-state index in [0.29, 0.717) is 5.41 Å². The number of likely N-dealkylation sites (tertiary alicyclic amines) is 1. The van der Waals surface area contributed by atoms with E-state index in [-0.39, 0.29) is 5.91 Å². The molecule has 0 bridgehead atoms. The molecule has 0 atom stereocenters. The molecule has 2 saturated heterocycles. The number of piperidine rings is 2. The molecule has 0 unspecified atom stereocenters. The largest absolute Gasteiger partial charge is 0.497 e. The Morgan fingerprint density at radius 3 is 2.57 bits per heavy atom. The van der Waals surface area contributed by atoms with Crippen molar-refractivity contribution in [2.45, 2.75) is 25.7 Å². The maximum atomic E-state index is 12.6. The van der Waals surface area contributed by atoms with Gasteiger partial charge in [-0.2, -0.15) is 0 Å². The van der Waals surface area contributed by atoms with Crippen LogP contribution in [-0.4, -0.2) is 44.1 Å². The molecule has 1 spiro atoms. The summed E-state index contributed by atoms with van der Waals surface area (Å²) in [5.41, 5.74) is 1.21. The van der Waals surface area contributed by atoms with Gasteiger partial charge in [0.15, 0.2) is 0 Å². The molecule has 1 amide bonds. The zero-order chi connectivity index (χ0) is 14.7. The highest BCUT2D eigenvalue weighted by molar-refractivity contribution is 5.94. The van der Waals surface area contributed by atoms with Crippen LogP contribution in [-0.2, 0) is 0 Å². The van der Waals surface area contributed by atoms with Crippen molar-refractivity contribution in [3.8, 4) is 5.75 Å². The second kappa shape index (κ2) is 6.06. The molecular formula is C17H24N2O2. The summed E-state index contributed by atoms with van der Waals surface area (Å²) in [6.07, 6.45) is 4.80. The third kappa shape index (κ3) is 3.05. The summed E-state index contributed by atoms with van der Waals surface area (Å²) in [4.78, 5) is 14.6. The molecule has 0 radical (unpaired) electrons. The Balaban J connectivity index is 1.64. The maximum Gasteiger partial charge on any atom is 0.253 e. The minimum Gasteiger partial charge on any atom is -0.497 e. The van der Waals surface area contributed by atoms with Gasteiger partial charge in [0.25, 0.3) is 5.91 Å². The number of hydrogen-bond acceptors (Lipinski definition) is 3. The molecular weight excluding hydrogens is 264 g/mol. The normalized spacial score (nSPS) is 21.3. The van der Waals surface area contributed by atoms with Gasteiger partial charge in [0, 0.05) is 18.7 Å². The number of rotatable bonds is 2. The lowest BCUT2D eigenvalue weighted by atomic mass is 9.71. The fraction of sp³-hybridized carbons (Fsp3) is 0.588. The highest BCUT2D eigenvalue weighted by atomic mass is 16.5. The molecule has 4 nitrogen and oxygen atoms in total. The lowest BCUT2D eigenvalue weighted by Gasteiger charge is -2.44. The summed E-state index contributed by atoms with van der Waals surface area (Å²) in [5.74, 6) is 0.880. The molecule has 0 aliphatic carbocycles. The lowest BCUT2D eigenvalue weighted by molar-refractivity contribution is 0.0495. The summed E-state index contributed by atoms with van der Waals surface area (Å²) >= 11 is 0. The summed E-state index contributed by atoms with van der Waals surface area (Å²) in [6.45, 7) is 4.03. The van der Waals surface area contributed by atoms with Gasteiger partial charge in [0.05, 0.1) is 7.11 Å². The zero-order valence-electron chi connectivity index (χ0n) is 12.7. The number of nitrogens with one attached hydrogen (secondary N) is 1. The van der Waals surface area contributed by atoms with Crippen molar-refractivity contribution < 1.29 is 9.53 Å². The van der Waals surface area contributed by atoms with Crippen molar-refractivity contribution >= 4 is 5.91 Å². The van der Waals surface area contributed by atoms with Crippen LogP contribution in [0.2, 0.25) is 0 Å². The first-order valence-corrected chi connectivity index (χ1v) is 7.87. The Kier molecular flexibility index (Phi) is 4.15. The van der Waals surface area contributed by atoms with Crippen molar-refractivity contribution in [1.29, 1.82) is 0 Å². The second-order valence-corrected chi connectivity index (χ2v) is 6.27. The smallest absolute Gasteiger partial charge is 0.253 e. The molecule has 2 aliphatic rings. The van der Waals surface area contributed by atoms with Crippen LogP contribution >= 0.6 is 0 Å². The second-order valence-electron chi connectivity index (χ2n) is 6.27. The Bertz CT molecular complexity index is 499. The van der Waals surface area contributed by atoms with E-state index in [2.05, 4.69) is 5.32 Å². The summed E-state index contributed by atoms with van der Waals surface area (Å²) in [5, 5.41) is 3.43. The number of nitrogens with zero attached hydrogens (tertiary/aromatic N) is 1. The van der Waals surface area contributed by atoms with Crippen molar-refractivity contribution in [3.63, 3.8) is 0 Å². The van der Waals surface area contributed by atoms with Crippen LogP contribution < -0.4 is 10.1 Å². The minimum absolute atomic E-state index is 0.137. The first-order chi connectivity index (χ1) is 10.2. The minimum atomic E-state index is 0.137. The molecule has 0 aromatic heterocycles. The van der Waals surface area contributed by atoms with Crippen LogP contribution in [0.3, 0.4) is 0 Å². The first kappa shape index (κ1) is 14.4. The molecule has 114 valence electrons. The van der Waals surface area contributed by atoms with E-state index < -0.39 is 0 Å². The van der Waals surface area contributed by atoms with Crippen molar-refractivity contribution in [2.75, 3.05) is 33.3 Å². The van der Waals surface area contributed by atoms with Gasteiger partial charge < -0.3 is 15.0 Å². The number of hydrogen-bond donors (Lipinski definition) is 1. The number of carbonyl (C=O) groups excluding carboxylic acids is 1. The highest BCUT2D eigenvalue weighted by Gasteiger charge is 2.36. The molecule has 2 heterocycles. The van der Waals surface area contributed by atoms with E-state index in [1.807, 2.05) is 29.2 Å². The Hall–Kier alpha value is -1.55. The van der Waals surface area contributed by atoms with E-state index >= 15 is 0 Å². The standard InChI is InChI=1S/C17H24N2O2/c1-21-15-4-2-3-14(13-15)16(20)19-11-7-17(8-12-19)5-9-18-10-6-17/h2-4,13,18H,5-12H2,1H3. The van der Waals surface area contributed by atoms with Gasteiger partial charge >= 0.3 is 0 Å². The Morgan fingerprint density at radius 1 is 1.19 bits per heavy atom. The number of methoxy groups -OCH3 is 1. The predicted molar refractivity (Wildman–Crippen MR) is 82.7 cm³/mol. The maximum absolute atomic E-state index is 12.6. The van der Waals surface area contributed by atoms with E-state index in [0.717, 1.165) is 50.3 Å². The van der Waals surface area contributed by atoms with Crippen LogP contribution in [0.4, 0.5) is 0 Å². The number of ether oxygens (including phenoxy) is 1. The summed E-state index contributed by atoms with van der Waals surface area (Å²) < 4.78 is 5.20. The van der Waals surface area contributed by atoms with E-state index in [9.17, 15) is 4.79 Å². The summed E-state index contributed by atoms with van der Waals surface area (Å²) in [7, 11) is 1.63. The van der Waals surface area contributed by atoms with Crippen molar-refractivity contribution in [1.82, 2.24) is 10.2 Å². The average molecular weight is 288 g/mol. The van der Waals surface area contributed by atoms with Crippen LogP contribution in [0.15, 0.2) is 24.3 Å². The van der Waals surface area contributed by atoms with Crippen LogP contribution in [0, 0.1) is 5.41 Å². The zero-order valence-corrected chi connectivity index (χ0v) is 12.7. The molecule has 1 aromatic carbocycles. The van der Waals surface area contributed by atoms with Crippen LogP contribution in [0.25, 0.3) is 0 Å². The predicted octanol–water partition coefficient (Wildman–Crippen LogP) is 2.30. The lowest BCUT2D eigenvalue weighted by Crippen LogP contribution is -2.47. The van der Waals surface area contributed by atoms with Gasteiger partial charge in [0.1, 0.15) is 5.75 Å². The van der Waals surface area contributed by atoms with Crippen molar-refractivity contribution in [2.24, 2.45) is 5.41 Å². The van der Waals surface area contributed by atoms with E-state index in [1.54, 1.807) is 7.11 Å². The molecule has 2 fully saturated rings. The van der Waals surface area contributed by atoms with E-state index in [1.165, 1.54) is 12.8 Å². The van der Waals surface area contributed by atoms with Gasteiger partial charge in [-0.1, -0.05) is 6.07 Å². The number of benzene rings is 1. The fourth-order valence-corrected chi connectivity index (χ4v) is 3.58. The Morgan fingerprint density at radius 2 is 1.90 bits per heavy atom. The van der Waals surface area contributed by atoms with E-state index in [4.69, 9.17) is 4.74 Å². The van der Waals surface area contributed by atoms with Crippen LogP contribution in [0.1, 0.15) is 36.0 Å². The van der Waals surface area contributed by atoms with Gasteiger partial charge in [-0.3, -0.25) is 4.79 Å². The van der Waals surface area contributed by atoms with Crippen LogP contribution in [0.5, 0.6) is 5.75 Å². The summed E-state index contributed by atoms with van der Waals surface area (Å²) in [6, 6.07) is 7.46. The van der Waals surface area contributed by atoms with Gasteiger partial charge in [0.2, 0.25) is 0 Å². The molecule has 0 saturated carbocycles. The monoisotopic (exact) mass is 288 g/mol. The topological polar surface area (TPSA) is 41.6 Å². The number of amides is 1. The first-order valence-electron chi connectivity index (χ1n) is 7.87. The van der Waals surface area contributed by atoms with Gasteiger partial charge in [-0.15, -0.1) is 0 Å². The third-order valence-corrected chi connectivity index (χ3v) is 5.09. The molecule has 21 heavy (non-hydrogen) atoms. The SMILES string of the molecule is COc1cccc(C(=O)N2CCC3(CCNCC3)CC2)c1. The molecule has 3 rings (SSSR count). The average Bonchev–Trinajstić information content (AvgIpc) is 2.56.